The first-order chi connectivity index (χ1) is 10.3. The van der Waals surface area contributed by atoms with E-state index in [-0.39, 0.29) is 0 Å². The minimum absolute atomic E-state index is 0.360. The summed E-state index contributed by atoms with van der Waals surface area (Å²) in [6.45, 7) is 4.21. The van der Waals surface area contributed by atoms with E-state index in [2.05, 4.69) is 10.2 Å². The highest BCUT2D eigenvalue weighted by atomic mass is 16.2. The lowest BCUT2D eigenvalue weighted by Crippen LogP contribution is -2.47. The summed E-state index contributed by atoms with van der Waals surface area (Å²) in [7, 11) is 0. The van der Waals surface area contributed by atoms with Gasteiger partial charge in [0.2, 0.25) is 0 Å². The van der Waals surface area contributed by atoms with Crippen LogP contribution in [0.2, 0.25) is 0 Å². The van der Waals surface area contributed by atoms with Gasteiger partial charge in [-0.3, -0.25) is 4.90 Å². The average molecular weight is 294 g/mol. The molecule has 1 aliphatic heterocycles. The second kappa shape index (κ2) is 7.43. The van der Waals surface area contributed by atoms with Gasteiger partial charge in [0.05, 0.1) is 0 Å². The van der Waals surface area contributed by atoms with Crippen molar-refractivity contribution in [3.63, 3.8) is 0 Å². The van der Waals surface area contributed by atoms with Crippen molar-refractivity contribution in [1.29, 1.82) is 0 Å². The molecule has 3 heteroatoms. The van der Waals surface area contributed by atoms with E-state index in [0.717, 1.165) is 18.5 Å². The van der Waals surface area contributed by atoms with E-state index in [9.17, 15) is 0 Å². The van der Waals surface area contributed by atoms with Crippen LogP contribution in [0.4, 0.5) is 0 Å². The molecule has 0 aromatic rings. The largest absolute Gasteiger partial charge is 0.396 e. The average Bonchev–Trinajstić information content (AvgIpc) is 3.25. The first-order valence-electron chi connectivity index (χ1n) is 9.40. The molecule has 0 amide bonds. The lowest BCUT2D eigenvalue weighted by molar-refractivity contribution is 0.0895. The van der Waals surface area contributed by atoms with E-state index in [4.69, 9.17) is 5.11 Å². The van der Waals surface area contributed by atoms with E-state index in [0.29, 0.717) is 12.0 Å². The number of hydrogen-bond donors (Lipinski definition) is 2. The summed E-state index contributed by atoms with van der Waals surface area (Å²) in [6, 6.07) is 1.59. The fourth-order valence-electron chi connectivity index (χ4n) is 4.53. The Balaban J connectivity index is 1.56. The first kappa shape index (κ1) is 15.8. The van der Waals surface area contributed by atoms with E-state index in [1.54, 1.807) is 0 Å². The van der Waals surface area contributed by atoms with Crippen LogP contribution >= 0.6 is 0 Å². The monoisotopic (exact) mass is 294 g/mol. The number of rotatable bonds is 8. The maximum absolute atomic E-state index is 9.11. The molecule has 0 aromatic heterocycles. The van der Waals surface area contributed by atoms with Gasteiger partial charge in [-0.15, -0.1) is 0 Å². The van der Waals surface area contributed by atoms with Crippen molar-refractivity contribution >= 4 is 0 Å². The summed E-state index contributed by atoms with van der Waals surface area (Å²) < 4.78 is 0. The van der Waals surface area contributed by atoms with Crippen molar-refractivity contribution in [1.82, 2.24) is 10.2 Å². The molecule has 122 valence electrons. The number of nitrogens with zero attached hydrogens (tertiary/aromatic N) is 1. The zero-order valence-electron chi connectivity index (χ0n) is 13.7. The van der Waals surface area contributed by atoms with E-state index >= 15 is 0 Å². The number of aliphatic hydroxyl groups excluding tert-OH is 1. The Morgan fingerprint density at radius 3 is 2.57 bits per heavy atom. The molecule has 1 unspecified atom stereocenters. The Bertz CT molecular complexity index is 310. The molecule has 0 radical (unpaired) electrons. The van der Waals surface area contributed by atoms with E-state index in [1.165, 1.54) is 83.8 Å². The summed E-state index contributed by atoms with van der Waals surface area (Å²) in [4.78, 5) is 2.77. The van der Waals surface area contributed by atoms with Gasteiger partial charge in [0.1, 0.15) is 0 Å². The Morgan fingerprint density at radius 1 is 1.05 bits per heavy atom. The van der Waals surface area contributed by atoms with E-state index in [1.807, 2.05) is 0 Å². The van der Waals surface area contributed by atoms with Crippen LogP contribution in [0.5, 0.6) is 0 Å². The van der Waals surface area contributed by atoms with Crippen LogP contribution in [0, 0.1) is 5.41 Å². The second-order valence-electron chi connectivity index (χ2n) is 7.85. The third kappa shape index (κ3) is 4.43. The fourth-order valence-corrected chi connectivity index (χ4v) is 4.53. The third-order valence-corrected chi connectivity index (χ3v) is 5.99. The number of hydrogen-bond acceptors (Lipinski definition) is 3. The van der Waals surface area contributed by atoms with Gasteiger partial charge in [-0.1, -0.05) is 19.3 Å². The van der Waals surface area contributed by atoms with Crippen molar-refractivity contribution < 1.29 is 5.11 Å². The quantitative estimate of drug-likeness (QED) is 0.722. The molecule has 1 atom stereocenters. The van der Waals surface area contributed by atoms with Crippen molar-refractivity contribution in [2.75, 3.05) is 26.2 Å². The van der Waals surface area contributed by atoms with Crippen molar-refractivity contribution in [2.45, 2.75) is 82.7 Å². The highest BCUT2D eigenvalue weighted by Gasteiger charge is 2.38. The minimum atomic E-state index is 0.360. The van der Waals surface area contributed by atoms with Crippen LogP contribution < -0.4 is 5.32 Å². The Hall–Kier alpha value is -0.120. The maximum Gasteiger partial charge on any atom is 0.0431 e. The fraction of sp³-hybridized carbons (Fsp3) is 1.00. The Morgan fingerprint density at radius 2 is 1.86 bits per heavy atom. The molecule has 0 bridgehead atoms. The SMILES string of the molecule is OCCCC1CCCN1CC1(CNC2CC2)CCCCC1. The van der Waals surface area contributed by atoms with Gasteiger partial charge < -0.3 is 10.4 Å². The molecule has 0 aromatic carbocycles. The highest BCUT2D eigenvalue weighted by molar-refractivity contribution is 4.93. The molecule has 2 N–H and O–H groups in total. The summed E-state index contributed by atoms with van der Waals surface area (Å²) in [5.74, 6) is 0. The third-order valence-electron chi connectivity index (χ3n) is 5.99. The number of likely N-dealkylation sites (tertiary alicyclic amines) is 1. The van der Waals surface area contributed by atoms with Crippen LogP contribution in [0.15, 0.2) is 0 Å². The van der Waals surface area contributed by atoms with Gasteiger partial charge in [-0.2, -0.15) is 0 Å². The first-order valence-corrected chi connectivity index (χ1v) is 9.40. The van der Waals surface area contributed by atoms with Gasteiger partial charge >= 0.3 is 0 Å². The van der Waals surface area contributed by atoms with Crippen LogP contribution in [0.1, 0.15) is 70.6 Å². The lowest BCUT2D eigenvalue weighted by atomic mass is 9.73. The van der Waals surface area contributed by atoms with Crippen molar-refractivity contribution in [2.24, 2.45) is 5.41 Å². The van der Waals surface area contributed by atoms with E-state index < -0.39 is 0 Å². The lowest BCUT2D eigenvalue weighted by Gasteiger charge is -2.42. The maximum atomic E-state index is 9.11. The molecule has 3 aliphatic rings. The van der Waals surface area contributed by atoms with Crippen LogP contribution in [0.3, 0.4) is 0 Å². The number of aliphatic hydroxyl groups is 1. The minimum Gasteiger partial charge on any atom is -0.396 e. The normalized spacial score (nSPS) is 29.9. The molecule has 2 aliphatic carbocycles. The van der Waals surface area contributed by atoms with Gasteiger partial charge in [0, 0.05) is 31.8 Å². The van der Waals surface area contributed by atoms with Crippen LogP contribution in [-0.2, 0) is 0 Å². The second-order valence-corrected chi connectivity index (χ2v) is 7.85. The summed E-state index contributed by atoms with van der Waals surface area (Å²) in [5.41, 5.74) is 0.544. The smallest absolute Gasteiger partial charge is 0.0431 e. The van der Waals surface area contributed by atoms with Crippen LogP contribution in [-0.4, -0.2) is 48.3 Å². The topological polar surface area (TPSA) is 35.5 Å². The molecule has 3 nitrogen and oxygen atoms in total. The molecule has 0 spiro atoms. The summed E-state index contributed by atoms with van der Waals surface area (Å²) in [6.07, 6.45) is 14.9. The predicted molar refractivity (Wildman–Crippen MR) is 87.5 cm³/mol. The van der Waals surface area contributed by atoms with Gasteiger partial charge in [0.25, 0.3) is 0 Å². The van der Waals surface area contributed by atoms with Gasteiger partial charge in [-0.25, -0.2) is 0 Å². The Kier molecular flexibility index (Phi) is 5.58. The molecule has 3 rings (SSSR count). The highest BCUT2D eigenvalue weighted by Crippen LogP contribution is 2.39. The van der Waals surface area contributed by atoms with Crippen molar-refractivity contribution in [3.8, 4) is 0 Å². The molecule has 1 heterocycles. The molecular weight excluding hydrogens is 260 g/mol. The van der Waals surface area contributed by atoms with Crippen LogP contribution in [0.25, 0.3) is 0 Å². The predicted octanol–water partition coefficient (Wildman–Crippen LogP) is 2.93. The van der Waals surface area contributed by atoms with Crippen molar-refractivity contribution in [3.05, 3.63) is 0 Å². The molecule has 2 saturated carbocycles. The standard InChI is InChI=1S/C18H34N2O/c21-13-5-7-17-6-4-12-20(17)15-18(10-2-1-3-11-18)14-19-16-8-9-16/h16-17,19,21H,1-15H2. The molecule has 21 heavy (non-hydrogen) atoms. The summed E-state index contributed by atoms with van der Waals surface area (Å²) >= 11 is 0. The molecule has 3 fully saturated rings. The Labute approximate surface area is 130 Å². The zero-order chi connectivity index (χ0) is 14.5. The molecular formula is C18H34N2O. The zero-order valence-corrected chi connectivity index (χ0v) is 13.7. The van der Waals surface area contributed by atoms with Gasteiger partial charge in [0.15, 0.2) is 0 Å². The number of nitrogens with one attached hydrogen (secondary N) is 1. The van der Waals surface area contributed by atoms with Gasteiger partial charge in [-0.05, 0) is 63.3 Å². The molecule has 1 saturated heterocycles. The summed E-state index contributed by atoms with van der Waals surface area (Å²) in [5, 5.41) is 12.9.